The van der Waals surface area contributed by atoms with Crippen LogP contribution in [0.5, 0.6) is 5.75 Å². The van der Waals surface area contributed by atoms with Crippen molar-refractivity contribution in [3.05, 3.63) is 185 Å². The van der Waals surface area contributed by atoms with Crippen molar-refractivity contribution in [2.45, 2.75) is 77.9 Å². The van der Waals surface area contributed by atoms with Crippen molar-refractivity contribution in [1.82, 2.24) is 19.5 Å². The largest absolute Gasteiger partial charge is 0.507 e. The number of aromatic nitrogens is 4. The first-order valence-corrected chi connectivity index (χ1v) is 22.0. The summed E-state index contributed by atoms with van der Waals surface area (Å²) in [6.07, 6.45) is -2.50. The van der Waals surface area contributed by atoms with E-state index in [4.69, 9.17) is 23.5 Å². The Morgan fingerprint density at radius 3 is 2.28 bits per heavy atom. The van der Waals surface area contributed by atoms with Gasteiger partial charge in [0.25, 0.3) is 0 Å². The van der Waals surface area contributed by atoms with Crippen molar-refractivity contribution in [2.24, 2.45) is 0 Å². The SMILES string of the molecule is [2H]C([2H])([2H])c1ccccc1-n1c(-c2c(O)ccc3c2oc2nc4c(cc23)C([2H])([2H])C(c2ccccc2)C4([2H])[2H])nc2c(-c3cc(-c4cc(-c5ccccc5C(C)(C)C)ccn4)cc(C(C)(C)C)c3)cccc21. The zero-order chi connectivity index (χ0) is 50.9. The average molecular weight is 856 g/mol. The minimum atomic E-state index is -2.54. The molecule has 1 N–H and O–H groups in total. The van der Waals surface area contributed by atoms with Gasteiger partial charge < -0.3 is 9.52 Å². The minimum Gasteiger partial charge on any atom is -0.507 e. The number of rotatable bonds is 6. The smallest absolute Gasteiger partial charge is 0.227 e. The molecule has 6 nitrogen and oxygen atoms in total. The Balaban J connectivity index is 1.15. The molecule has 1 unspecified atom stereocenters. The number of hydrogen-bond acceptors (Lipinski definition) is 5. The Hall–Kier alpha value is -7.31. The molecule has 0 saturated heterocycles. The van der Waals surface area contributed by atoms with Crippen LogP contribution < -0.4 is 0 Å². The first-order valence-electron chi connectivity index (χ1n) is 25.5. The molecule has 0 bridgehead atoms. The highest BCUT2D eigenvalue weighted by Crippen LogP contribution is 2.46. The van der Waals surface area contributed by atoms with E-state index in [0.717, 1.165) is 39.1 Å². The number of benzene rings is 6. The number of phenolic OH excluding ortho intramolecular Hbond substituents is 1. The summed E-state index contributed by atoms with van der Waals surface area (Å²) in [7, 11) is 0. The quantitative estimate of drug-likeness (QED) is 0.180. The summed E-state index contributed by atoms with van der Waals surface area (Å²) in [6, 6.07) is 45.3. The lowest BCUT2D eigenvalue weighted by atomic mass is 9.81. The van der Waals surface area contributed by atoms with Crippen LogP contribution in [0, 0.1) is 6.85 Å². The molecule has 4 aromatic heterocycles. The Bertz CT molecular complexity index is 3800. The lowest BCUT2D eigenvalue weighted by molar-refractivity contribution is 0.476. The van der Waals surface area contributed by atoms with E-state index in [2.05, 4.69) is 90.1 Å². The molecule has 11 rings (SSSR count). The molecule has 6 heteroatoms. The van der Waals surface area contributed by atoms with Gasteiger partial charge in [0.1, 0.15) is 11.3 Å². The van der Waals surface area contributed by atoms with E-state index in [1.54, 1.807) is 65.2 Å². The van der Waals surface area contributed by atoms with Gasteiger partial charge in [-0.25, -0.2) is 9.97 Å². The van der Waals surface area contributed by atoms with Gasteiger partial charge in [0, 0.05) is 43.4 Å². The summed E-state index contributed by atoms with van der Waals surface area (Å²) >= 11 is 0. The lowest BCUT2D eigenvalue weighted by Gasteiger charge is -2.23. The molecule has 1 atom stereocenters. The molecule has 320 valence electrons. The Morgan fingerprint density at radius 2 is 1.46 bits per heavy atom. The third kappa shape index (κ3) is 7.00. The lowest BCUT2D eigenvalue weighted by Crippen LogP contribution is -2.12. The Kier molecular flexibility index (Phi) is 7.75. The maximum Gasteiger partial charge on any atom is 0.227 e. The van der Waals surface area contributed by atoms with E-state index in [9.17, 15) is 10.6 Å². The number of hydrogen-bond donors (Lipinski definition) is 1. The predicted octanol–water partition coefficient (Wildman–Crippen LogP) is 14.9. The van der Waals surface area contributed by atoms with Crippen LogP contribution in [0.15, 0.2) is 156 Å². The van der Waals surface area contributed by atoms with Gasteiger partial charge in [-0.2, -0.15) is 0 Å². The van der Waals surface area contributed by atoms with Gasteiger partial charge in [0.2, 0.25) is 5.71 Å². The first-order chi connectivity index (χ1) is 34.0. The van der Waals surface area contributed by atoms with Gasteiger partial charge in [-0.3, -0.25) is 9.55 Å². The second-order valence-corrected chi connectivity index (χ2v) is 19.0. The summed E-state index contributed by atoms with van der Waals surface area (Å²) in [4.78, 5) is 15.0. The Morgan fingerprint density at radius 1 is 0.692 bits per heavy atom. The topological polar surface area (TPSA) is 77.0 Å². The van der Waals surface area contributed by atoms with Crippen molar-refractivity contribution < 1.29 is 19.1 Å². The predicted molar refractivity (Wildman–Crippen MR) is 266 cm³/mol. The molecular formula is C59H52N4O2. The molecule has 65 heavy (non-hydrogen) atoms. The number of phenols is 1. The van der Waals surface area contributed by atoms with Gasteiger partial charge in [0.05, 0.1) is 22.4 Å². The summed E-state index contributed by atoms with van der Waals surface area (Å²) in [5, 5.41) is 13.0. The van der Waals surface area contributed by atoms with Crippen molar-refractivity contribution >= 4 is 33.1 Å². The van der Waals surface area contributed by atoms with Crippen molar-refractivity contribution in [1.29, 1.82) is 0 Å². The number of nitrogens with zero attached hydrogens (tertiary/aromatic N) is 4. The number of aryl methyl sites for hydroxylation is 1. The molecule has 1 aliphatic carbocycles. The summed E-state index contributed by atoms with van der Waals surface area (Å²) < 4.78 is 71.7. The molecule has 0 fully saturated rings. The van der Waals surface area contributed by atoms with Gasteiger partial charge >= 0.3 is 0 Å². The van der Waals surface area contributed by atoms with Crippen LogP contribution in [-0.2, 0) is 23.6 Å². The molecule has 6 aromatic carbocycles. The van der Waals surface area contributed by atoms with E-state index >= 15 is 0 Å². The number of aromatic hydroxyl groups is 1. The van der Waals surface area contributed by atoms with E-state index in [1.807, 2.05) is 36.5 Å². The number of para-hydroxylation sites is 2. The number of pyridine rings is 2. The monoisotopic (exact) mass is 855 g/mol. The van der Waals surface area contributed by atoms with E-state index in [0.29, 0.717) is 33.1 Å². The molecule has 0 amide bonds. The van der Waals surface area contributed by atoms with Crippen LogP contribution in [0.4, 0.5) is 0 Å². The normalized spacial score (nSPS) is 17.5. The molecular weight excluding hydrogens is 797 g/mol. The van der Waals surface area contributed by atoms with E-state index in [1.165, 1.54) is 11.6 Å². The van der Waals surface area contributed by atoms with Gasteiger partial charge in [0.15, 0.2) is 11.4 Å². The van der Waals surface area contributed by atoms with Crippen molar-refractivity contribution in [2.75, 3.05) is 0 Å². The fraction of sp³-hybridized carbons (Fsp3) is 0.203. The minimum absolute atomic E-state index is 0.0568. The molecule has 0 aliphatic heterocycles. The summed E-state index contributed by atoms with van der Waals surface area (Å²) in [6.45, 7) is 10.6. The fourth-order valence-electron chi connectivity index (χ4n) is 9.25. The van der Waals surface area contributed by atoms with E-state index < -0.39 is 25.5 Å². The summed E-state index contributed by atoms with van der Waals surface area (Å²) in [5.74, 6) is -1.18. The second-order valence-electron chi connectivity index (χ2n) is 19.0. The van der Waals surface area contributed by atoms with Crippen molar-refractivity contribution in [3.8, 4) is 56.3 Å². The average Bonchev–Trinajstić information content (AvgIpc) is 3.95. The molecule has 10 aromatic rings. The van der Waals surface area contributed by atoms with Gasteiger partial charge in [-0.1, -0.05) is 133 Å². The molecule has 0 spiro atoms. The second kappa shape index (κ2) is 15.2. The highest BCUT2D eigenvalue weighted by atomic mass is 16.3. The summed E-state index contributed by atoms with van der Waals surface area (Å²) in [5.41, 5.74) is 9.88. The molecule has 1 aliphatic rings. The maximum absolute atomic E-state index is 12.1. The maximum atomic E-state index is 12.1. The van der Waals surface area contributed by atoms with Crippen LogP contribution >= 0.6 is 0 Å². The molecule has 0 saturated carbocycles. The first kappa shape index (κ1) is 33.2. The Labute approximate surface area is 390 Å². The van der Waals surface area contributed by atoms with Gasteiger partial charge in [-0.05, 0) is 135 Å². The number of furan rings is 1. The highest BCUT2D eigenvalue weighted by Gasteiger charge is 2.29. The number of imidazole rings is 1. The third-order valence-electron chi connectivity index (χ3n) is 12.6. The third-order valence-corrected chi connectivity index (χ3v) is 12.6. The van der Waals surface area contributed by atoms with Crippen molar-refractivity contribution in [3.63, 3.8) is 0 Å². The van der Waals surface area contributed by atoms with Crippen LogP contribution in [0.3, 0.4) is 0 Å². The number of fused-ring (bicyclic) bond motifs is 5. The van der Waals surface area contributed by atoms with E-state index in [-0.39, 0.29) is 56.1 Å². The molecule has 4 heterocycles. The van der Waals surface area contributed by atoms with Crippen LogP contribution in [0.1, 0.15) is 90.6 Å². The van der Waals surface area contributed by atoms with Crippen LogP contribution in [-0.4, -0.2) is 24.6 Å². The zero-order valence-electron chi connectivity index (χ0n) is 44.2. The standard InChI is InChI=1S/C59H52N4O2/c1-35-16-11-14-22-50(35)63-51-23-15-20-44(39-29-40(31-42(30-39)58(2,3)4)48-33-37(26-27-60-48)43-19-12-13-21-47(43)59(5,6)7)54(51)62-56(63)53-52(64)25-24-45-46-32-41-28-38(36-17-9-8-10-18-36)34-49(41)61-57(46)65-55(45)53/h8-27,29-33,38,64H,28,34H2,1-7H3/i1D3,28D2,34D2. The van der Waals surface area contributed by atoms with Crippen LogP contribution in [0.2, 0.25) is 0 Å². The van der Waals surface area contributed by atoms with Gasteiger partial charge in [-0.15, -0.1) is 0 Å². The fourth-order valence-corrected chi connectivity index (χ4v) is 9.25. The highest BCUT2D eigenvalue weighted by molar-refractivity contribution is 6.10. The van der Waals surface area contributed by atoms with Crippen LogP contribution in [0.25, 0.3) is 83.7 Å². The zero-order valence-corrected chi connectivity index (χ0v) is 37.2. The molecule has 0 radical (unpaired) electrons.